The molecule has 170 valence electrons. The summed E-state index contributed by atoms with van der Waals surface area (Å²) in [5.41, 5.74) is 4.03. The number of amides is 2. The summed E-state index contributed by atoms with van der Waals surface area (Å²) < 4.78 is 10.8. The zero-order valence-electron chi connectivity index (χ0n) is 18.3. The molecule has 4 heterocycles. The maximum atomic E-state index is 12.4. The second-order valence-electron chi connectivity index (χ2n) is 8.56. The van der Waals surface area contributed by atoms with Crippen LogP contribution in [0.3, 0.4) is 0 Å². The van der Waals surface area contributed by atoms with E-state index in [0.29, 0.717) is 48.4 Å². The first-order chi connectivity index (χ1) is 16.0. The lowest BCUT2D eigenvalue weighted by molar-refractivity contribution is -0.118. The summed E-state index contributed by atoms with van der Waals surface area (Å²) in [7, 11) is 0. The van der Waals surface area contributed by atoms with E-state index in [-0.39, 0.29) is 18.6 Å². The van der Waals surface area contributed by atoms with Crippen LogP contribution in [-0.4, -0.2) is 54.3 Å². The van der Waals surface area contributed by atoms with Crippen LogP contribution in [0.15, 0.2) is 18.3 Å². The largest absolute Gasteiger partial charge is 0.480 e. The summed E-state index contributed by atoms with van der Waals surface area (Å²) in [6.45, 7) is 3.89. The third-order valence-corrected chi connectivity index (χ3v) is 6.31. The van der Waals surface area contributed by atoms with Crippen molar-refractivity contribution in [1.29, 1.82) is 5.26 Å². The summed E-state index contributed by atoms with van der Waals surface area (Å²) >= 11 is 0. The molecule has 2 aliphatic heterocycles. The predicted molar refractivity (Wildman–Crippen MR) is 118 cm³/mol. The molecule has 2 amide bonds. The number of nitrogens with one attached hydrogen (secondary N) is 2. The summed E-state index contributed by atoms with van der Waals surface area (Å²) in [5.74, 6) is 1.36. The molecule has 0 saturated carbocycles. The molecule has 10 nitrogen and oxygen atoms in total. The van der Waals surface area contributed by atoms with E-state index in [1.54, 1.807) is 18.3 Å². The van der Waals surface area contributed by atoms with Gasteiger partial charge in [-0.3, -0.25) is 14.7 Å². The number of nitriles is 1. The predicted octanol–water partition coefficient (Wildman–Crippen LogP) is 1.71. The van der Waals surface area contributed by atoms with Crippen molar-refractivity contribution in [2.75, 3.05) is 36.5 Å². The molecule has 2 unspecified atom stereocenters. The van der Waals surface area contributed by atoms with Gasteiger partial charge in [-0.25, -0.2) is 9.78 Å². The Kier molecular flexibility index (Phi) is 5.56. The molecule has 0 spiro atoms. The monoisotopic (exact) mass is 448 g/mol. The molecule has 2 aromatic rings. The molecule has 2 atom stereocenters. The molecular weight excluding hydrogens is 424 g/mol. The maximum Gasteiger partial charge on any atom is 0.415 e. The Bertz CT molecular complexity index is 1160. The Hall–Kier alpha value is -3.71. The van der Waals surface area contributed by atoms with E-state index < -0.39 is 6.09 Å². The number of carbonyl (C=O) groups excluding carboxylic acids is 2. The summed E-state index contributed by atoms with van der Waals surface area (Å²) in [4.78, 5) is 34.1. The van der Waals surface area contributed by atoms with Gasteiger partial charge >= 0.3 is 6.09 Å². The second kappa shape index (κ2) is 8.67. The average Bonchev–Trinajstić information content (AvgIpc) is 3.40. The highest BCUT2D eigenvalue weighted by Gasteiger charge is 2.34. The minimum absolute atomic E-state index is 0.0439. The number of anilines is 2. The molecule has 10 heteroatoms. The lowest BCUT2D eigenvalue weighted by Gasteiger charge is -2.19. The molecule has 33 heavy (non-hydrogen) atoms. The van der Waals surface area contributed by atoms with Gasteiger partial charge in [-0.2, -0.15) is 5.26 Å². The topological polar surface area (TPSA) is 129 Å². The number of nitrogens with zero attached hydrogens (tertiary/aromatic N) is 4. The lowest BCUT2D eigenvalue weighted by Crippen LogP contribution is -2.30. The van der Waals surface area contributed by atoms with Crippen molar-refractivity contribution in [3.05, 3.63) is 40.7 Å². The number of pyridine rings is 2. The van der Waals surface area contributed by atoms with Gasteiger partial charge in [0, 0.05) is 11.9 Å². The van der Waals surface area contributed by atoms with Gasteiger partial charge in [0.1, 0.15) is 18.0 Å². The van der Waals surface area contributed by atoms with Crippen molar-refractivity contribution in [3.8, 4) is 11.8 Å². The fraction of sp³-hybridized carbons (Fsp3) is 0.435. The van der Waals surface area contributed by atoms with Gasteiger partial charge in [0.05, 0.1) is 12.1 Å². The molecule has 5 rings (SSSR count). The zero-order valence-corrected chi connectivity index (χ0v) is 18.3. The van der Waals surface area contributed by atoms with Gasteiger partial charge < -0.3 is 20.1 Å². The van der Waals surface area contributed by atoms with Crippen LogP contribution < -0.4 is 20.3 Å². The number of carbonyl (C=O) groups is 2. The zero-order chi connectivity index (χ0) is 22.9. The first-order valence-electron chi connectivity index (χ1n) is 11.0. The highest BCUT2D eigenvalue weighted by atomic mass is 16.6. The SMILES string of the molecule is Cc1ncc(C#N)c2c1CC(CNCCC1CN(c3ccc4c(n3)NC(=O)CO4)C(=O)O1)C2. The third kappa shape index (κ3) is 4.19. The van der Waals surface area contributed by atoms with Crippen molar-refractivity contribution in [3.63, 3.8) is 0 Å². The first kappa shape index (κ1) is 21.2. The van der Waals surface area contributed by atoms with Crippen LogP contribution in [0.1, 0.15) is 28.8 Å². The number of cyclic esters (lactones) is 1. The van der Waals surface area contributed by atoms with E-state index in [2.05, 4.69) is 26.7 Å². The molecule has 1 saturated heterocycles. The van der Waals surface area contributed by atoms with E-state index in [0.717, 1.165) is 30.6 Å². The van der Waals surface area contributed by atoms with Crippen molar-refractivity contribution < 1.29 is 19.1 Å². The van der Waals surface area contributed by atoms with Crippen LogP contribution in [0.4, 0.5) is 16.4 Å². The minimum atomic E-state index is -0.450. The number of hydrogen-bond acceptors (Lipinski definition) is 8. The smallest absolute Gasteiger partial charge is 0.415 e. The van der Waals surface area contributed by atoms with Crippen LogP contribution >= 0.6 is 0 Å². The van der Waals surface area contributed by atoms with Gasteiger partial charge in [-0.15, -0.1) is 0 Å². The van der Waals surface area contributed by atoms with E-state index >= 15 is 0 Å². The van der Waals surface area contributed by atoms with Gasteiger partial charge in [0.15, 0.2) is 18.2 Å². The van der Waals surface area contributed by atoms with Crippen LogP contribution in [0.25, 0.3) is 0 Å². The Morgan fingerprint density at radius 1 is 1.30 bits per heavy atom. The Labute approximate surface area is 190 Å². The van der Waals surface area contributed by atoms with E-state index in [4.69, 9.17) is 9.47 Å². The van der Waals surface area contributed by atoms with E-state index in [9.17, 15) is 14.9 Å². The maximum absolute atomic E-state index is 12.4. The third-order valence-electron chi connectivity index (χ3n) is 6.31. The van der Waals surface area contributed by atoms with Crippen LogP contribution in [0, 0.1) is 24.2 Å². The number of hydrogen-bond donors (Lipinski definition) is 2. The molecule has 3 aliphatic rings. The van der Waals surface area contributed by atoms with E-state index in [1.165, 1.54) is 10.5 Å². The Morgan fingerprint density at radius 3 is 3.00 bits per heavy atom. The number of aromatic nitrogens is 2. The number of aryl methyl sites for hydroxylation is 1. The van der Waals surface area contributed by atoms with Crippen LogP contribution in [-0.2, 0) is 22.4 Å². The summed E-state index contributed by atoms with van der Waals surface area (Å²) in [5, 5.41) is 15.4. The minimum Gasteiger partial charge on any atom is -0.480 e. The summed E-state index contributed by atoms with van der Waals surface area (Å²) in [6, 6.07) is 5.62. The Morgan fingerprint density at radius 2 is 2.15 bits per heavy atom. The van der Waals surface area contributed by atoms with Gasteiger partial charge in [0.2, 0.25) is 0 Å². The second-order valence-corrected chi connectivity index (χ2v) is 8.56. The quantitative estimate of drug-likeness (QED) is 0.639. The van der Waals surface area contributed by atoms with Crippen molar-refractivity contribution >= 4 is 23.6 Å². The van der Waals surface area contributed by atoms with Crippen LogP contribution in [0.5, 0.6) is 5.75 Å². The van der Waals surface area contributed by atoms with Crippen molar-refractivity contribution in [1.82, 2.24) is 15.3 Å². The van der Waals surface area contributed by atoms with Crippen molar-refractivity contribution in [2.24, 2.45) is 5.92 Å². The van der Waals surface area contributed by atoms with Gasteiger partial charge in [-0.1, -0.05) is 0 Å². The van der Waals surface area contributed by atoms with E-state index in [1.807, 2.05) is 6.92 Å². The molecule has 1 fully saturated rings. The fourth-order valence-corrected chi connectivity index (χ4v) is 4.62. The first-order valence-corrected chi connectivity index (χ1v) is 11.0. The van der Waals surface area contributed by atoms with Crippen LogP contribution in [0.2, 0.25) is 0 Å². The molecule has 2 N–H and O–H groups in total. The van der Waals surface area contributed by atoms with Gasteiger partial charge in [0.25, 0.3) is 5.91 Å². The highest BCUT2D eigenvalue weighted by Crippen LogP contribution is 2.31. The molecule has 0 aromatic carbocycles. The normalized spacial score (nSPS) is 21.0. The lowest BCUT2D eigenvalue weighted by atomic mass is 10.0. The number of rotatable bonds is 6. The molecule has 0 radical (unpaired) electrons. The summed E-state index contributed by atoms with van der Waals surface area (Å²) in [6.07, 6.45) is 3.46. The fourth-order valence-electron chi connectivity index (χ4n) is 4.62. The Balaban J connectivity index is 1.11. The average molecular weight is 448 g/mol. The van der Waals surface area contributed by atoms with Gasteiger partial charge in [-0.05, 0) is 68.5 Å². The number of ether oxygens (including phenoxy) is 2. The molecule has 1 aliphatic carbocycles. The molecule has 0 bridgehead atoms. The molecular formula is C23H24N6O4. The standard InChI is InChI=1S/C23H24N6O4/c1-13-17-6-14(7-18(17)15(8-24)10-26-13)9-25-5-4-16-11-29(23(31)33-16)20-3-2-19-22(27-20)28-21(30)12-32-19/h2-3,10,14,16,25H,4-7,9,11-12H2,1H3,(H,27,28,30). The molecule has 2 aromatic heterocycles. The van der Waals surface area contributed by atoms with Crippen molar-refractivity contribution in [2.45, 2.75) is 32.3 Å². The number of fused-ring (bicyclic) bond motifs is 2. The highest BCUT2D eigenvalue weighted by molar-refractivity contribution is 5.95.